The topological polar surface area (TPSA) is 84.9 Å². The molecule has 2 unspecified atom stereocenters. The first-order valence-electron chi connectivity index (χ1n) is 11.1. The summed E-state index contributed by atoms with van der Waals surface area (Å²) in [5.41, 5.74) is 3.24. The van der Waals surface area contributed by atoms with Crippen LogP contribution in [0.25, 0.3) is 0 Å². The lowest BCUT2D eigenvalue weighted by atomic mass is 9.73. The lowest BCUT2D eigenvalue weighted by Crippen LogP contribution is -2.38. The third-order valence-electron chi connectivity index (χ3n) is 5.95. The van der Waals surface area contributed by atoms with Crippen LogP contribution in [0.1, 0.15) is 63.0 Å². The summed E-state index contributed by atoms with van der Waals surface area (Å²) >= 11 is 0. The number of carbonyl (C=O) groups is 2. The highest BCUT2D eigenvalue weighted by Gasteiger charge is 2.38. The first-order chi connectivity index (χ1) is 15.4. The van der Waals surface area contributed by atoms with E-state index in [-0.39, 0.29) is 41.8 Å². The molecular formula is C26H29NO5. The molecule has 2 atom stereocenters. The molecule has 1 amide bonds. The van der Waals surface area contributed by atoms with Gasteiger partial charge in [-0.25, -0.2) is 0 Å². The maximum atomic E-state index is 13.3. The zero-order valence-electron chi connectivity index (χ0n) is 18.7. The van der Waals surface area contributed by atoms with Gasteiger partial charge >= 0.3 is 0 Å². The molecule has 0 spiro atoms. The summed E-state index contributed by atoms with van der Waals surface area (Å²) in [4.78, 5) is 25.8. The second kappa shape index (κ2) is 9.07. The largest absolute Gasteiger partial charge is 0.504 e. The Kier molecular flexibility index (Phi) is 6.21. The van der Waals surface area contributed by atoms with Crippen molar-refractivity contribution in [1.29, 1.82) is 0 Å². The van der Waals surface area contributed by atoms with E-state index < -0.39 is 0 Å². The maximum absolute atomic E-state index is 13.3. The molecule has 1 heterocycles. The van der Waals surface area contributed by atoms with Crippen molar-refractivity contribution in [2.24, 2.45) is 0 Å². The highest BCUT2D eigenvalue weighted by molar-refractivity contribution is 6.02. The number of allylic oxidation sites excluding steroid dienone is 2. The molecule has 0 saturated heterocycles. The summed E-state index contributed by atoms with van der Waals surface area (Å²) in [5.74, 6) is 0.826. The number of ether oxygens (including phenoxy) is 2. The van der Waals surface area contributed by atoms with Crippen LogP contribution in [0, 0.1) is 0 Å². The molecule has 4 rings (SSSR count). The molecule has 2 aliphatic rings. The number of rotatable bonds is 6. The van der Waals surface area contributed by atoms with Crippen molar-refractivity contribution in [3.8, 4) is 17.2 Å². The summed E-state index contributed by atoms with van der Waals surface area (Å²) in [6.07, 6.45) is 1.30. The van der Waals surface area contributed by atoms with E-state index in [9.17, 15) is 14.7 Å². The Morgan fingerprint density at radius 3 is 2.44 bits per heavy atom. The monoisotopic (exact) mass is 435 g/mol. The van der Waals surface area contributed by atoms with Crippen LogP contribution in [-0.4, -0.2) is 29.5 Å². The number of phenols is 1. The minimum atomic E-state index is -0.339. The second-order valence-electron chi connectivity index (χ2n) is 8.62. The molecule has 0 saturated carbocycles. The van der Waals surface area contributed by atoms with Gasteiger partial charge in [-0.1, -0.05) is 18.2 Å². The van der Waals surface area contributed by atoms with Crippen LogP contribution in [0.15, 0.2) is 53.7 Å². The molecular weight excluding hydrogens is 406 g/mol. The first-order valence-corrected chi connectivity index (χ1v) is 11.1. The second-order valence-corrected chi connectivity index (χ2v) is 8.62. The molecule has 0 aromatic heterocycles. The number of hydrogen-bond acceptors (Lipinski definition) is 5. The fourth-order valence-electron chi connectivity index (χ4n) is 4.59. The van der Waals surface area contributed by atoms with Gasteiger partial charge in [-0.2, -0.15) is 0 Å². The smallest absolute Gasteiger partial charge is 0.225 e. The molecule has 1 aliphatic heterocycles. The highest BCUT2D eigenvalue weighted by Crippen LogP contribution is 2.44. The van der Waals surface area contributed by atoms with Crippen molar-refractivity contribution < 1.29 is 24.2 Å². The predicted octanol–water partition coefficient (Wildman–Crippen LogP) is 4.58. The molecule has 6 heteroatoms. The van der Waals surface area contributed by atoms with Crippen LogP contribution < -0.4 is 14.8 Å². The molecule has 0 fully saturated rings. The fourth-order valence-corrected chi connectivity index (χ4v) is 4.59. The standard InChI is InChI=1S/C26H29NO5/c1-4-31-24-13-17(7-10-22(24)28)20-14-25(30)27-21-11-18(12-23(29)26(20)21)16-5-8-19(9-6-16)32-15(2)3/h5-10,13,15,18,20,28H,4,11-12,14H2,1-3H3,(H,27,30). The van der Waals surface area contributed by atoms with Gasteiger partial charge in [0.2, 0.25) is 5.91 Å². The zero-order valence-corrected chi connectivity index (χ0v) is 18.7. The van der Waals surface area contributed by atoms with Crippen LogP contribution in [-0.2, 0) is 9.59 Å². The molecule has 0 radical (unpaired) electrons. The van der Waals surface area contributed by atoms with E-state index in [1.807, 2.05) is 45.0 Å². The van der Waals surface area contributed by atoms with Gasteiger partial charge in [-0.3, -0.25) is 9.59 Å². The van der Waals surface area contributed by atoms with Gasteiger partial charge in [-0.15, -0.1) is 0 Å². The number of hydrogen-bond donors (Lipinski definition) is 2. The first kappa shape index (κ1) is 21.9. The van der Waals surface area contributed by atoms with E-state index in [2.05, 4.69) is 5.32 Å². The van der Waals surface area contributed by atoms with Crippen molar-refractivity contribution in [2.75, 3.05) is 6.61 Å². The lowest BCUT2D eigenvalue weighted by molar-refractivity contribution is -0.122. The van der Waals surface area contributed by atoms with Crippen molar-refractivity contribution in [3.05, 3.63) is 64.9 Å². The van der Waals surface area contributed by atoms with Crippen LogP contribution in [0.2, 0.25) is 0 Å². The Balaban J connectivity index is 1.63. The Morgan fingerprint density at radius 2 is 1.75 bits per heavy atom. The van der Waals surface area contributed by atoms with Gasteiger partial charge in [0.15, 0.2) is 17.3 Å². The van der Waals surface area contributed by atoms with Crippen molar-refractivity contribution >= 4 is 11.7 Å². The fraction of sp³-hybridized carbons (Fsp3) is 0.385. The van der Waals surface area contributed by atoms with Gasteiger partial charge in [0.05, 0.1) is 12.7 Å². The third kappa shape index (κ3) is 4.49. The quantitative estimate of drug-likeness (QED) is 0.694. The molecule has 32 heavy (non-hydrogen) atoms. The minimum absolute atomic E-state index is 0.00667. The average Bonchev–Trinajstić information content (AvgIpc) is 2.74. The van der Waals surface area contributed by atoms with Gasteiger partial charge in [0.25, 0.3) is 0 Å². The number of ketones is 1. The minimum Gasteiger partial charge on any atom is -0.504 e. The van der Waals surface area contributed by atoms with E-state index in [1.54, 1.807) is 18.2 Å². The van der Waals surface area contributed by atoms with E-state index in [0.717, 1.165) is 16.9 Å². The summed E-state index contributed by atoms with van der Waals surface area (Å²) in [5, 5.41) is 13.0. The number of benzene rings is 2. The molecule has 1 aliphatic carbocycles. The summed E-state index contributed by atoms with van der Waals surface area (Å²) in [6.45, 7) is 6.22. The van der Waals surface area contributed by atoms with Crippen LogP contribution >= 0.6 is 0 Å². The van der Waals surface area contributed by atoms with Crippen LogP contribution in [0.4, 0.5) is 0 Å². The Bertz CT molecular complexity index is 1050. The van der Waals surface area contributed by atoms with E-state index in [4.69, 9.17) is 9.47 Å². The summed E-state index contributed by atoms with van der Waals surface area (Å²) < 4.78 is 11.2. The third-order valence-corrected chi connectivity index (χ3v) is 5.95. The van der Waals surface area contributed by atoms with Crippen LogP contribution in [0.3, 0.4) is 0 Å². The lowest BCUT2D eigenvalue weighted by Gasteiger charge is -2.34. The molecule has 168 valence electrons. The summed E-state index contributed by atoms with van der Waals surface area (Å²) in [6, 6.07) is 12.9. The number of aromatic hydroxyl groups is 1. The molecule has 2 aromatic rings. The number of nitrogens with one attached hydrogen (secondary N) is 1. The Labute approximate surface area is 188 Å². The highest BCUT2D eigenvalue weighted by atomic mass is 16.5. The number of carbonyl (C=O) groups excluding carboxylic acids is 2. The van der Waals surface area contributed by atoms with Gasteiger partial charge < -0.3 is 19.9 Å². The van der Waals surface area contributed by atoms with E-state index in [1.165, 1.54) is 0 Å². The molecule has 0 bridgehead atoms. The number of phenolic OH excluding ortho intramolecular Hbond substituents is 1. The van der Waals surface area contributed by atoms with E-state index >= 15 is 0 Å². The van der Waals surface area contributed by atoms with Gasteiger partial charge in [0, 0.05) is 30.0 Å². The average molecular weight is 436 g/mol. The number of amides is 1. The van der Waals surface area contributed by atoms with E-state index in [0.29, 0.717) is 36.5 Å². The van der Waals surface area contributed by atoms with Gasteiger partial charge in [-0.05, 0) is 68.5 Å². The Morgan fingerprint density at radius 1 is 1.03 bits per heavy atom. The summed E-state index contributed by atoms with van der Waals surface area (Å²) in [7, 11) is 0. The maximum Gasteiger partial charge on any atom is 0.225 e. The van der Waals surface area contributed by atoms with Crippen molar-refractivity contribution in [3.63, 3.8) is 0 Å². The van der Waals surface area contributed by atoms with Gasteiger partial charge in [0.1, 0.15) is 5.75 Å². The Hall–Kier alpha value is -3.28. The van der Waals surface area contributed by atoms with Crippen molar-refractivity contribution in [2.45, 2.75) is 58.0 Å². The van der Waals surface area contributed by atoms with Crippen LogP contribution in [0.5, 0.6) is 17.2 Å². The molecule has 6 nitrogen and oxygen atoms in total. The molecule has 2 N–H and O–H groups in total. The SMILES string of the molecule is CCOc1cc(C2CC(=O)NC3=C2C(=O)CC(c2ccc(OC(C)C)cc2)C3)ccc1O. The number of Topliss-reactive ketones (excluding diaryl/α,β-unsaturated/α-hetero) is 1. The molecule has 2 aromatic carbocycles. The normalized spacial score (nSPS) is 20.8. The predicted molar refractivity (Wildman–Crippen MR) is 121 cm³/mol. The zero-order chi connectivity index (χ0) is 22.8. The van der Waals surface area contributed by atoms with Crippen molar-refractivity contribution in [1.82, 2.24) is 5.32 Å².